The second kappa shape index (κ2) is 8.76. The van der Waals surface area contributed by atoms with Gasteiger partial charge in [-0.15, -0.1) is 0 Å². The van der Waals surface area contributed by atoms with Crippen molar-refractivity contribution in [3.05, 3.63) is 69.4 Å². The van der Waals surface area contributed by atoms with Crippen molar-refractivity contribution < 1.29 is 14.0 Å². The van der Waals surface area contributed by atoms with Crippen molar-refractivity contribution in [1.82, 2.24) is 10.6 Å². The van der Waals surface area contributed by atoms with E-state index in [0.29, 0.717) is 5.56 Å². The van der Waals surface area contributed by atoms with Crippen LogP contribution in [0, 0.1) is 12.7 Å². The van der Waals surface area contributed by atoms with E-state index in [4.69, 9.17) is 0 Å². The highest BCUT2D eigenvalue weighted by molar-refractivity contribution is 9.10. The van der Waals surface area contributed by atoms with Crippen molar-refractivity contribution in [2.45, 2.75) is 32.9 Å². The quantitative estimate of drug-likeness (QED) is 0.766. The Balaban J connectivity index is 2.02. The Labute approximate surface area is 154 Å². The molecule has 6 heteroatoms. The largest absolute Gasteiger partial charge is 0.352 e. The van der Waals surface area contributed by atoms with Gasteiger partial charge in [-0.3, -0.25) is 9.59 Å². The molecule has 0 radical (unpaired) electrons. The molecule has 2 N–H and O–H groups in total. The summed E-state index contributed by atoms with van der Waals surface area (Å²) >= 11 is 3.33. The van der Waals surface area contributed by atoms with Gasteiger partial charge >= 0.3 is 0 Å². The smallest absolute Gasteiger partial charge is 0.222 e. The molecule has 2 amide bonds. The van der Waals surface area contributed by atoms with E-state index in [9.17, 15) is 14.0 Å². The molecule has 0 aromatic heterocycles. The van der Waals surface area contributed by atoms with Gasteiger partial charge in [-0.1, -0.05) is 45.8 Å². The Morgan fingerprint density at radius 3 is 2.48 bits per heavy atom. The topological polar surface area (TPSA) is 58.2 Å². The predicted molar refractivity (Wildman–Crippen MR) is 98.3 cm³/mol. The third kappa shape index (κ3) is 5.98. The maximum Gasteiger partial charge on any atom is 0.222 e. The molecule has 0 saturated carbocycles. The van der Waals surface area contributed by atoms with Crippen molar-refractivity contribution in [3.8, 4) is 0 Å². The third-order valence-corrected chi connectivity index (χ3v) is 4.50. The summed E-state index contributed by atoms with van der Waals surface area (Å²) < 4.78 is 14.0. The second-order valence-corrected chi connectivity index (χ2v) is 6.73. The number of amides is 2. The second-order valence-electron chi connectivity index (χ2n) is 5.88. The first kappa shape index (κ1) is 19.1. The molecule has 25 heavy (non-hydrogen) atoms. The van der Waals surface area contributed by atoms with Crippen LogP contribution in [0.25, 0.3) is 0 Å². The molecule has 4 nitrogen and oxygen atoms in total. The molecule has 0 heterocycles. The summed E-state index contributed by atoms with van der Waals surface area (Å²) in [4.78, 5) is 23.7. The number of benzene rings is 2. The van der Waals surface area contributed by atoms with E-state index in [1.165, 1.54) is 19.1 Å². The van der Waals surface area contributed by atoms with Gasteiger partial charge in [-0.25, -0.2) is 4.39 Å². The molecule has 132 valence electrons. The van der Waals surface area contributed by atoms with Gasteiger partial charge in [0.25, 0.3) is 0 Å². The van der Waals surface area contributed by atoms with Crippen molar-refractivity contribution in [2.24, 2.45) is 0 Å². The van der Waals surface area contributed by atoms with Crippen LogP contribution in [0.4, 0.5) is 4.39 Å². The van der Waals surface area contributed by atoms with Crippen LogP contribution in [0.2, 0.25) is 0 Å². The van der Waals surface area contributed by atoms with E-state index in [2.05, 4.69) is 26.6 Å². The first-order chi connectivity index (χ1) is 11.8. The van der Waals surface area contributed by atoms with E-state index < -0.39 is 6.04 Å². The Morgan fingerprint density at radius 1 is 1.16 bits per heavy atom. The van der Waals surface area contributed by atoms with Crippen LogP contribution < -0.4 is 10.6 Å². The van der Waals surface area contributed by atoms with Crippen LogP contribution in [0.1, 0.15) is 36.1 Å². The zero-order chi connectivity index (χ0) is 18.4. The summed E-state index contributed by atoms with van der Waals surface area (Å²) in [7, 11) is 0. The molecule has 0 bridgehead atoms. The van der Waals surface area contributed by atoms with Crippen molar-refractivity contribution in [3.63, 3.8) is 0 Å². The van der Waals surface area contributed by atoms with Gasteiger partial charge in [0.15, 0.2) is 0 Å². The van der Waals surface area contributed by atoms with E-state index in [-0.39, 0.29) is 30.6 Å². The minimum atomic E-state index is -0.408. The predicted octanol–water partition coefficient (Wildman–Crippen LogP) is 3.78. The fraction of sp³-hybridized carbons (Fsp3) is 0.263. The highest BCUT2D eigenvalue weighted by Gasteiger charge is 2.17. The van der Waals surface area contributed by atoms with Crippen LogP contribution in [-0.2, 0) is 16.1 Å². The summed E-state index contributed by atoms with van der Waals surface area (Å²) in [5.41, 5.74) is 2.62. The average Bonchev–Trinajstić information content (AvgIpc) is 2.55. The van der Waals surface area contributed by atoms with Crippen LogP contribution in [-0.4, -0.2) is 11.8 Å². The lowest BCUT2D eigenvalue weighted by Gasteiger charge is -2.18. The Hall–Kier alpha value is -2.21. The van der Waals surface area contributed by atoms with Gasteiger partial charge in [0, 0.05) is 17.9 Å². The average molecular weight is 407 g/mol. The molecule has 2 rings (SSSR count). The Bertz CT molecular complexity index is 763. The number of rotatable bonds is 6. The lowest BCUT2D eigenvalue weighted by Crippen LogP contribution is -2.32. The van der Waals surface area contributed by atoms with Gasteiger partial charge in [0.1, 0.15) is 5.82 Å². The summed E-state index contributed by atoms with van der Waals surface area (Å²) in [6, 6.07) is 11.6. The van der Waals surface area contributed by atoms with Gasteiger partial charge < -0.3 is 10.6 Å². The zero-order valence-corrected chi connectivity index (χ0v) is 15.7. The number of hydrogen-bond acceptors (Lipinski definition) is 2. The number of carbonyl (C=O) groups is 2. The maximum atomic E-state index is 13.3. The van der Waals surface area contributed by atoms with Gasteiger partial charge in [-0.2, -0.15) is 0 Å². The molecule has 2 aromatic carbocycles. The number of nitrogens with one attached hydrogen (secondary N) is 2. The summed E-state index contributed by atoms with van der Waals surface area (Å²) in [5, 5.41) is 5.56. The number of hydrogen-bond donors (Lipinski definition) is 2. The molecule has 0 aliphatic heterocycles. The van der Waals surface area contributed by atoms with Gasteiger partial charge in [-0.05, 0) is 36.2 Å². The molecule has 0 fully saturated rings. The van der Waals surface area contributed by atoms with Gasteiger partial charge in [0.2, 0.25) is 11.8 Å². The minimum absolute atomic E-state index is 0.107. The standard InChI is InChI=1S/C19H20BrFN2O2/c1-12-3-5-14(6-4-12)18(23-13(2)24)10-19(25)22-11-15-9-16(21)7-8-17(15)20/h3-9,18H,10-11H2,1-2H3,(H,22,25)(H,23,24). The Kier molecular flexibility index (Phi) is 6.70. The lowest BCUT2D eigenvalue weighted by atomic mass is 10.0. The molecule has 0 aliphatic rings. The molecular formula is C19H20BrFN2O2. The highest BCUT2D eigenvalue weighted by Crippen LogP contribution is 2.19. The monoisotopic (exact) mass is 406 g/mol. The first-order valence-corrected chi connectivity index (χ1v) is 8.68. The van der Waals surface area contributed by atoms with E-state index in [1.54, 1.807) is 6.07 Å². The first-order valence-electron chi connectivity index (χ1n) is 7.89. The van der Waals surface area contributed by atoms with Crippen molar-refractivity contribution in [1.29, 1.82) is 0 Å². The minimum Gasteiger partial charge on any atom is -0.352 e. The molecular weight excluding hydrogens is 387 g/mol. The molecule has 0 spiro atoms. The van der Waals surface area contributed by atoms with Crippen molar-refractivity contribution in [2.75, 3.05) is 0 Å². The summed E-state index contributed by atoms with van der Waals surface area (Å²) in [6.07, 6.45) is 0.107. The molecule has 1 atom stereocenters. The molecule has 1 unspecified atom stereocenters. The fourth-order valence-electron chi connectivity index (χ4n) is 2.43. The van der Waals surface area contributed by atoms with Crippen LogP contribution in [0.5, 0.6) is 0 Å². The fourth-order valence-corrected chi connectivity index (χ4v) is 2.81. The number of carbonyl (C=O) groups excluding carboxylic acids is 2. The number of aryl methyl sites for hydroxylation is 1. The van der Waals surface area contributed by atoms with Crippen molar-refractivity contribution >= 4 is 27.7 Å². The lowest BCUT2D eigenvalue weighted by molar-refractivity contribution is -0.122. The molecule has 2 aromatic rings. The van der Waals surface area contributed by atoms with Crippen LogP contribution in [0.15, 0.2) is 46.9 Å². The summed E-state index contributed by atoms with van der Waals surface area (Å²) in [5.74, 6) is -0.787. The zero-order valence-electron chi connectivity index (χ0n) is 14.1. The van der Waals surface area contributed by atoms with E-state index >= 15 is 0 Å². The molecule has 0 saturated heterocycles. The SMILES string of the molecule is CC(=O)NC(CC(=O)NCc1cc(F)ccc1Br)c1ccc(C)cc1. The number of halogens is 2. The van der Waals surface area contributed by atoms with Crippen LogP contribution >= 0.6 is 15.9 Å². The summed E-state index contributed by atoms with van der Waals surface area (Å²) in [6.45, 7) is 3.60. The van der Waals surface area contributed by atoms with E-state index in [0.717, 1.165) is 15.6 Å². The Morgan fingerprint density at radius 2 is 1.84 bits per heavy atom. The van der Waals surface area contributed by atoms with Gasteiger partial charge in [0.05, 0.1) is 12.5 Å². The van der Waals surface area contributed by atoms with Crippen LogP contribution in [0.3, 0.4) is 0 Å². The highest BCUT2D eigenvalue weighted by atomic mass is 79.9. The normalized spacial score (nSPS) is 11.7. The maximum absolute atomic E-state index is 13.3. The molecule has 0 aliphatic carbocycles. The third-order valence-electron chi connectivity index (χ3n) is 3.73. The van der Waals surface area contributed by atoms with E-state index in [1.807, 2.05) is 31.2 Å².